The number of nitrogen functional groups attached to an aromatic ring is 1. The molecule has 20 heavy (non-hydrogen) atoms. The van der Waals surface area contributed by atoms with Gasteiger partial charge in [0.1, 0.15) is 11.9 Å². The molecule has 1 fully saturated rings. The Morgan fingerprint density at radius 3 is 2.80 bits per heavy atom. The molecule has 2 heterocycles. The summed E-state index contributed by atoms with van der Waals surface area (Å²) in [5, 5.41) is 0. The topological polar surface area (TPSA) is 64.3 Å². The van der Waals surface area contributed by atoms with Gasteiger partial charge < -0.3 is 15.4 Å². The fraction of sp³-hybridized carbons (Fsp3) is 0.333. The summed E-state index contributed by atoms with van der Waals surface area (Å²) in [6.45, 7) is 4.21. The van der Waals surface area contributed by atoms with Gasteiger partial charge in [0.15, 0.2) is 0 Å². The Labute approximate surface area is 118 Å². The number of hydrogen-bond acceptors (Lipinski definition) is 5. The first-order chi connectivity index (χ1) is 9.72. The average molecular weight is 270 g/mol. The van der Waals surface area contributed by atoms with Gasteiger partial charge in [-0.15, -0.1) is 0 Å². The first-order valence-corrected chi connectivity index (χ1v) is 6.75. The fourth-order valence-electron chi connectivity index (χ4n) is 2.46. The number of benzene rings is 1. The highest BCUT2D eigenvalue weighted by Crippen LogP contribution is 2.25. The van der Waals surface area contributed by atoms with E-state index in [2.05, 4.69) is 27.0 Å². The molecule has 2 N–H and O–H groups in total. The Bertz CT molecular complexity index is 567. The van der Waals surface area contributed by atoms with Gasteiger partial charge >= 0.3 is 0 Å². The fourth-order valence-corrected chi connectivity index (χ4v) is 2.46. The molecule has 0 saturated carbocycles. The molecule has 0 unspecified atom stereocenters. The van der Waals surface area contributed by atoms with Crippen LogP contribution >= 0.6 is 0 Å². The molecule has 5 heteroatoms. The third-order valence-corrected chi connectivity index (χ3v) is 3.42. The van der Waals surface area contributed by atoms with Crippen molar-refractivity contribution in [2.45, 2.75) is 13.0 Å². The normalized spacial score (nSPS) is 19.1. The lowest BCUT2D eigenvalue weighted by molar-refractivity contribution is 0.0395. The molecule has 1 aliphatic heterocycles. The van der Waals surface area contributed by atoms with Crippen LogP contribution in [0.1, 0.15) is 17.4 Å². The van der Waals surface area contributed by atoms with E-state index in [4.69, 9.17) is 10.5 Å². The van der Waals surface area contributed by atoms with Crippen molar-refractivity contribution in [2.75, 3.05) is 30.3 Å². The van der Waals surface area contributed by atoms with Crippen LogP contribution in [0.2, 0.25) is 0 Å². The third-order valence-electron chi connectivity index (χ3n) is 3.42. The van der Waals surface area contributed by atoms with Gasteiger partial charge in [-0.3, -0.25) is 0 Å². The van der Waals surface area contributed by atoms with E-state index in [1.165, 1.54) is 5.56 Å². The summed E-state index contributed by atoms with van der Waals surface area (Å²) in [6, 6.07) is 12.2. The number of nitrogens with two attached hydrogens (primary N) is 1. The molecule has 5 nitrogen and oxygen atoms in total. The van der Waals surface area contributed by atoms with E-state index < -0.39 is 0 Å². The van der Waals surface area contributed by atoms with Gasteiger partial charge in [-0.2, -0.15) is 4.98 Å². The maximum Gasteiger partial charge on any atom is 0.222 e. The second kappa shape index (κ2) is 5.46. The quantitative estimate of drug-likeness (QED) is 0.903. The molecule has 0 aliphatic carbocycles. The van der Waals surface area contributed by atoms with Crippen molar-refractivity contribution in [3.05, 3.63) is 47.7 Å². The molecule has 0 spiro atoms. The number of morpholine rings is 1. The smallest absolute Gasteiger partial charge is 0.222 e. The van der Waals surface area contributed by atoms with E-state index in [0.29, 0.717) is 12.6 Å². The van der Waals surface area contributed by atoms with Gasteiger partial charge in [0, 0.05) is 24.8 Å². The van der Waals surface area contributed by atoms with E-state index in [9.17, 15) is 0 Å². The van der Waals surface area contributed by atoms with Gasteiger partial charge in [-0.05, 0) is 12.5 Å². The first-order valence-electron chi connectivity index (χ1n) is 6.75. The average Bonchev–Trinajstić information content (AvgIpc) is 2.47. The summed E-state index contributed by atoms with van der Waals surface area (Å²) in [6.07, 6.45) is 0.0708. The summed E-state index contributed by atoms with van der Waals surface area (Å²) in [5.74, 6) is 1.20. The predicted octanol–water partition coefficient (Wildman–Crippen LogP) is 1.95. The molecule has 3 rings (SSSR count). The van der Waals surface area contributed by atoms with Gasteiger partial charge in [-0.25, -0.2) is 4.98 Å². The van der Waals surface area contributed by atoms with Gasteiger partial charge in [0.05, 0.1) is 6.61 Å². The maximum atomic E-state index is 5.86. The van der Waals surface area contributed by atoms with E-state index >= 15 is 0 Å². The zero-order valence-electron chi connectivity index (χ0n) is 11.5. The number of anilines is 2. The predicted molar refractivity (Wildman–Crippen MR) is 78.5 cm³/mol. The molecule has 1 saturated heterocycles. The lowest BCUT2D eigenvalue weighted by atomic mass is 10.1. The van der Waals surface area contributed by atoms with Crippen molar-refractivity contribution in [1.29, 1.82) is 0 Å². The Morgan fingerprint density at radius 1 is 1.25 bits per heavy atom. The van der Waals surface area contributed by atoms with Crippen molar-refractivity contribution in [2.24, 2.45) is 0 Å². The van der Waals surface area contributed by atoms with Crippen LogP contribution in [-0.2, 0) is 4.74 Å². The number of ether oxygens (including phenoxy) is 1. The number of hydrogen-bond donors (Lipinski definition) is 1. The second-order valence-electron chi connectivity index (χ2n) is 4.94. The number of nitrogens with zero attached hydrogens (tertiary/aromatic N) is 3. The lowest BCUT2D eigenvalue weighted by Gasteiger charge is -2.34. The Kier molecular flexibility index (Phi) is 3.52. The lowest BCUT2D eigenvalue weighted by Crippen LogP contribution is -2.39. The molecule has 104 valence electrons. The Balaban J connectivity index is 1.81. The third kappa shape index (κ3) is 2.72. The highest BCUT2D eigenvalue weighted by molar-refractivity contribution is 5.44. The molecular weight excluding hydrogens is 252 g/mol. The molecule has 1 atom stereocenters. The molecule has 0 amide bonds. The molecular formula is C15H18N4O. The summed E-state index contributed by atoms with van der Waals surface area (Å²) in [4.78, 5) is 10.6. The highest BCUT2D eigenvalue weighted by atomic mass is 16.5. The van der Waals surface area contributed by atoms with Crippen molar-refractivity contribution < 1.29 is 4.74 Å². The largest absolute Gasteiger partial charge is 0.370 e. The second-order valence-corrected chi connectivity index (χ2v) is 4.94. The van der Waals surface area contributed by atoms with Crippen molar-refractivity contribution in [3.63, 3.8) is 0 Å². The number of rotatable bonds is 2. The SMILES string of the molecule is Cc1cc(N2CCO[C@H](c3ccccc3)C2)nc(N)n1. The van der Waals surface area contributed by atoms with Crippen molar-refractivity contribution >= 4 is 11.8 Å². The van der Waals surface area contributed by atoms with Gasteiger partial charge in [0.25, 0.3) is 0 Å². The summed E-state index contributed by atoms with van der Waals surface area (Å²) >= 11 is 0. The van der Waals surface area contributed by atoms with Crippen LogP contribution in [0.25, 0.3) is 0 Å². The zero-order valence-corrected chi connectivity index (χ0v) is 11.5. The monoisotopic (exact) mass is 270 g/mol. The first kappa shape index (κ1) is 12.9. The van der Waals surface area contributed by atoms with Crippen LogP contribution in [0.5, 0.6) is 0 Å². The minimum atomic E-state index is 0.0708. The standard InChI is InChI=1S/C15H18N4O/c1-11-9-14(18-15(16)17-11)19-7-8-20-13(10-19)12-5-3-2-4-6-12/h2-6,9,13H,7-8,10H2,1H3,(H2,16,17,18)/t13-/m0/s1. The van der Waals surface area contributed by atoms with Crippen LogP contribution in [-0.4, -0.2) is 29.7 Å². The zero-order chi connectivity index (χ0) is 13.9. The number of aryl methyl sites for hydroxylation is 1. The molecule has 0 bridgehead atoms. The molecule has 1 aliphatic rings. The van der Waals surface area contributed by atoms with Crippen LogP contribution in [0.4, 0.5) is 11.8 Å². The van der Waals surface area contributed by atoms with Crippen LogP contribution in [0.3, 0.4) is 0 Å². The van der Waals surface area contributed by atoms with Crippen LogP contribution < -0.4 is 10.6 Å². The van der Waals surface area contributed by atoms with Crippen molar-refractivity contribution in [1.82, 2.24) is 9.97 Å². The Hall–Kier alpha value is -2.14. The van der Waals surface area contributed by atoms with E-state index in [-0.39, 0.29) is 6.10 Å². The molecule has 1 aromatic carbocycles. The van der Waals surface area contributed by atoms with E-state index in [0.717, 1.165) is 24.6 Å². The molecule has 2 aromatic rings. The minimum Gasteiger partial charge on any atom is -0.370 e. The van der Waals surface area contributed by atoms with Gasteiger partial charge in [0.2, 0.25) is 5.95 Å². The molecule has 1 aromatic heterocycles. The van der Waals surface area contributed by atoms with E-state index in [1.807, 2.05) is 31.2 Å². The van der Waals surface area contributed by atoms with Crippen molar-refractivity contribution in [3.8, 4) is 0 Å². The summed E-state index contributed by atoms with van der Waals surface area (Å²) in [7, 11) is 0. The van der Waals surface area contributed by atoms with Crippen LogP contribution in [0, 0.1) is 6.92 Å². The van der Waals surface area contributed by atoms with Gasteiger partial charge in [-0.1, -0.05) is 30.3 Å². The molecule has 0 radical (unpaired) electrons. The van der Waals surface area contributed by atoms with Crippen LogP contribution in [0.15, 0.2) is 36.4 Å². The number of aromatic nitrogens is 2. The van der Waals surface area contributed by atoms with E-state index in [1.54, 1.807) is 0 Å². The maximum absolute atomic E-state index is 5.86. The highest BCUT2D eigenvalue weighted by Gasteiger charge is 2.23. The minimum absolute atomic E-state index is 0.0708. The summed E-state index contributed by atoms with van der Waals surface area (Å²) < 4.78 is 5.86. The Morgan fingerprint density at radius 2 is 2.05 bits per heavy atom. The summed E-state index contributed by atoms with van der Waals surface area (Å²) in [5.41, 5.74) is 7.81.